The lowest BCUT2D eigenvalue weighted by atomic mass is 9.97. The van der Waals surface area contributed by atoms with E-state index in [1.807, 2.05) is 51.1 Å². The lowest BCUT2D eigenvalue weighted by Crippen LogP contribution is -2.32. The summed E-state index contributed by atoms with van der Waals surface area (Å²) in [5, 5.41) is 3.11. The predicted octanol–water partition coefficient (Wildman–Crippen LogP) is 5.29. The van der Waals surface area contributed by atoms with Gasteiger partial charge in [0.1, 0.15) is 5.70 Å². The van der Waals surface area contributed by atoms with Gasteiger partial charge < -0.3 is 5.32 Å². The Bertz CT molecular complexity index is 1260. The van der Waals surface area contributed by atoms with Gasteiger partial charge in [0.2, 0.25) is 0 Å². The first kappa shape index (κ1) is 20.5. The van der Waals surface area contributed by atoms with E-state index in [2.05, 4.69) is 5.32 Å². The highest BCUT2D eigenvalue weighted by molar-refractivity contribution is 6.46. The normalized spacial score (nSPS) is 13.9. The number of amides is 2. The second kappa shape index (κ2) is 7.80. The fourth-order valence-corrected chi connectivity index (χ4v) is 3.70. The van der Waals surface area contributed by atoms with Crippen LogP contribution in [0.15, 0.2) is 66.4 Å². The summed E-state index contributed by atoms with van der Waals surface area (Å²) >= 11 is 0. The molecule has 0 radical (unpaired) electrons. The van der Waals surface area contributed by atoms with Crippen LogP contribution in [-0.2, 0) is 9.59 Å². The fourth-order valence-electron chi connectivity index (χ4n) is 3.70. The monoisotopic (exact) mass is 418 g/mol. The van der Waals surface area contributed by atoms with E-state index >= 15 is 0 Å². The third kappa shape index (κ3) is 3.61. The van der Waals surface area contributed by atoms with Crippen LogP contribution in [0.25, 0.3) is 5.57 Å². The van der Waals surface area contributed by atoms with E-state index in [4.69, 9.17) is 0 Å². The predicted molar refractivity (Wildman–Crippen MR) is 116 cm³/mol. The van der Waals surface area contributed by atoms with Crippen LogP contribution in [0, 0.1) is 32.4 Å². The quantitative estimate of drug-likeness (QED) is 0.586. The Kier molecular flexibility index (Phi) is 5.15. The number of halogens is 2. The molecule has 4 nitrogen and oxygen atoms in total. The molecule has 1 N–H and O–H groups in total. The van der Waals surface area contributed by atoms with Crippen molar-refractivity contribution in [3.63, 3.8) is 0 Å². The lowest BCUT2D eigenvalue weighted by Gasteiger charge is -2.16. The molecule has 6 heteroatoms. The number of rotatable bonds is 4. The van der Waals surface area contributed by atoms with Crippen molar-refractivity contribution in [1.29, 1.82) is 0 Å². The third-order valence-corrected chi connectivity index (χ3v) is 5.30. The Morgan fingerprint density at radius 2 is 1.52 bits per heavy atom. The van der Waals surface area contributed by atoms with Crippen molar-refractivity contribution in [2.24, 2.45) is 0 Å². The maximum Gasteiger partial charge on any atom is 0.282 e. The molecule has 2 amide bonds. The van der Waals surface area contributed by atoms with Crippen LogP contribution in [0.2, 0.25) is 0 Å². The van der Waals surface area contributed by atoms with Crippen molar-refractivity contribution < 1.29 is 18.4 Å². The summed E-state index contributed by atoms with van der Waals surface area (Å²) in [6.45, 7) is 5.68. The molecule has 3 aromatic rings. The van der Waals surface area contributed by atoms with Crippen molar-refractivity contribution in [2.45, 2.75) is 20.8 Å². The summed E-state index contributed by atoms with van der Waals surface area (Å²) in [6.07, 6.45) is 0. The maximum atomic E-state index is 13.9. The summed E-state index contributed by atoms with van der Waals surface area (Å²) in [7, 11) is 0. The number of carbonyl (C=O) groups is 2. The smallest absolute Gasteiger partial charge is 0.282 e. The number of nitrogens with one attached hydrogen (secondary N) is 1. The first-order valence-electron chi connectivity index (χ1n) is 9.76. The summed E-state index contributed by atoms with van der Waals surface area (Å²) in [4.78, 5) is 27.7. The topological polar surface area (TPSA) is 49.4 Å². The van der Waals surface area contributed by atoms with Crippen LogP contribution in [0.4, 0.5) is 20.2 Å². The fraction of sp³-hybridized carbons (Fsp3) is 0.120. The van der Waals surface area contributed by atoms with Crippen LogP contribution in [0.1, 0.15) is 22.3 Å². The molecule has 0 bridgehead atoms. The molecule has 1 heterocycles. The molecule has 0 spiro atoms. The number of hydrogen-bond acceptors (Lipinski definition) is 3. The largest absolute Gasteiger partial charge is 0.350 e. The van der Waals surface area contributed by atoms with Crippen molar-refractivity contribution >= 4 is 28.8 Å². The Morgan fingerprint density at radius 3 is 2.19 bits per heavy atom. The highest BCUT2D eigenvalue weighted by atomic mass is 19.2. The molecule has 0 unspecified atom stereocenters. The van der Waals surface area contributed by atoms with Gasteiger partial charge in [-0.2, -0.15) is 0 Å². The highest BCUT2D eigenvalue weighted by Crippen LogP contribution is 2.36. The number of nitrogens with zero attached hydrogens (tertiary/aromatic N) is 1. The average molecular weight is 418 g/mol. The van der Waals surface area contributed by atoms with Gasteiger partial charge in [-0.25, -0.2) is 13.7 Å². The van der Waals surface area contributed by atoms with E-state index in [-0.39, 0.29) is 17.0 Å². The molecule has 0 aromatic heterocycles. The van der Waals surface area contributed by atoms with E-state index in [0.717, 1.165) is 33.7 Å². The van der Waals surface area contributed by atoms with Crippen molar-refractivity contribution in [2.75, 3.05) is 10.2 Å². The average Bonchev–Trinajstić information content (AvgIpc) is 2.96. The molecule has 31 heavy (non-hydrogen) atoms. The zero-order valence-electron chi connectivity index (χ0n) is 17.3. The molecule has 4 rings (SSSR count). The van der Waals surface area contributed by atoms with Crippen LogP contribution in [0.3, 0.4) is 0 Å². The molecule has 1 aliphatic rings. The van der Waals surface area contributed by atoms with Crippen LogP contribution >= 0.6 is 0 Å². The van der Waals surface area contributed by atoms with E-state index < -0.39 is 23.4 Å². The van der Waals surface area contributed by atoms with Gasteiger partial charge in [-0.15, -0.1) is 0 Å². The van der Waals surface area contributed by atoms with E-state index in [1.165, 1.54) is 6.07 Å². The van der Waals surface area contributed by atoms with Crippen LogP contribution < -0.4 is 10.2 Å². The number of benzene rings is 3. The van der Waals surface area contributed by atoms with Crippen molar-refractivity contribution in [3.05, 3.63) is 100 Å². The lowest BCUT2D eigenvalue weighted by molar-refractivity contribution is -0.120. The van der Waals surface area contributed by atoms with Gasteiger partial charge in [0.15, 0.2) is 11.6 Å². The number of aryl methyl sites for hydroxylation is 3. The summed E-state index contributed by atoms with van der Waals surface area (Å²) in [6, 6.07) is 15.9. The Balaban J connectivity index is 1.88. The molecule has 0 atom stereocenters. The second-order valence-electron chi connectivity index (χ2n) is 7.55. The summed E-state index contributed by atoms with van der Waals surface area (Å²) in [5.41, 5.74) is 4.26. The summed E-state index contributed by atoms with van der Waals surface area (Å²) in [5.74, 6) is -3.41. The van der Waals surface area contributed by atoms with Gasteiger partial charge in [0.25, 0.3) is 11.8 Å². The molecule has 1 aliphatic heterocycles. The maximum absolute atomic E-state index is 13.9. The van der Waals surface area contributed by atoms with Crippen molar-refractivity contribution in [1.82, 2.24) is 0 Å². The minimum absolute atomic E-state index is 0.0299. The molecular formula is C25H20F2N2O2. The highest BCUT2D eigenvalue weighted by Gasteiger charge is 2.41. The first-order valence-corrected chi connectivity index (χ1v) is 9.76. The van der Waals surface area contributed by atoms with E-state index in [0.29, 0.717) is 11.3 Å². The zero-order valence-corrected chi connectivity index (χ0v) is 17.3. The van der Waals surface area contributed by atoms with E-state index in [9.17, 15) is 18.4 Å². The second-order valence-corrected chi connectivity index (χ2v) is 7.55. The number of carbonyl (C=O) groups excluding carboxylic acids is 2. The van der Waals surface area contributed by atoms with Crippen molar-refractivity contribution in [3.8, 4) is 0 Å². The Morgan fingerprint density at radius 1 is 0.774 bits per heavy atom. The van der Waals surface area contributed by atoms with Gasteiger partial charge in [0.05, 0.1) is 11.3 Å². The van der Waals surface area contributed by atoms with Gasteiger partial charge in [-0.1, -0.05) is 42.0 Å². The number of hydrogen-bond donors (Lipinski definition) is 1. The zero-order chi connectivity index (χ0) is 22.3. The van der Waals surface area contributed by atoms with Gasteiger partial charge in [-0.3, -0.25) is 9.59 Å². The number of para-hydroxylation sites is 1. The van der Waals surface area contributed by atoms with Gasteiger partial charge >= 0.3 is 0 Å². The minimum atomic E-state index is -1.13. The first-order chi connectivity index (χ1) is 14.8. The standard InChI is InChI=1S/C25H20F2N2O2/c1-14-8-10-18(16(3)12-14)22-23(28-21-7-5-4-6-15(21)2)25(31)29(24(22)30)17-9-11-19(26)20(27)13-17/h4-13,28H,1-3H3. The molecule has 0 saturated heterocycles. The Labute approximate surface area is 178 Å². The van der Waals surface area contributed by atoms with Crippen LogP contribution in [-0.4, -0.2) is 11.8 Å². The number of imide groups is 1. The summed E-state index contributed by atoms with van der Waals surface area (Å²) < 4.78 is 27.3. The number of anilines is 2. The molecule has 3 aromatic carbocycles. The van der Waals surface area contributed by atoms with Crippen LogP contribution in [0.5, 0.6) is 0 Å². The van der Waals surface area contributed by atoms with E-state index in [1.54, 1.807) is 12.1 Å². The molecule has 0 aliphatic carbocycles. The molecular weight excluding hydrogens is 398 g/mol. The SMILES string of the molecule is Cc1ccc(C2=C(Nc3ccccc3C)C(=O)N(c3ccc(F)c(F)c3)C2=O)c(C)c1. The molecule has 0 saturated carbocycles. The minimum Gasteiger partial charge on any atom is -0.350 e. The molecule has 0 fully saturated rings. The van der Waals surface area contributed by atoms with Gasteiger partial charge in [-0.05, 0) is 55.7 Å². The Hall–Kier alpha value is -3.80. The third-order valence-electron chi connectivity index (χ3n) is 5.30. The van der Waals surface area contributed by atoms with Gasteiger partial charge in [0, 0.05) is 11.8 Å². The molecule has 156 valence electrons.